The van der Waals surface area contributed by atoms with Gasteiger partial charge >= 0.3 is 0 Å². The second kappa shape index (κ2) is 2.48. The smallest absolute Gasteiger partial charge is 0.253 e. The molecule has 0 bridgehead atoms. The monoisotopic (exact) mass is 227 g/mol. The van der Waals surface area contributed by atoms with Gasteiger partial charge in [-0.05, 0) is 33.6 Å². The van der Waals surface area contributed by atoms with Crippen molar-refractivity contribution in [2.45, 2.75) is 6.54 Å². The predicted molar refractivity (Wildman–Crippen MR) is 47.0 cm³/mol. The van der Waals surface area contributed by atoms with Crippen LogP contribution in [0.3, 0.4) is 0 Å². The molecule has 3 nitrogen and oxygen atoms in total. The molecule has 0 saturated heterocycles. The molecule has 0 unspecified atom stereocenters. The highest BCUT2D eigenvalue weighted by Crippen LogP contribution is 2.29. The molecule has 0 saturated carbocycles. The molecule has 2 rings (SSSR count). The molecule has 0 fully saturated rings. The molecule has 1 amide bonds. The van der Waals surface area contributed by atoms with E-state index in [1.165, 1.54) is 6.07 Å². The van der Waals surface area contributed by atoms with Crippen molar-refractivity contribution >= 4 is 21.8 Å². The van der Waals surface area contributed by atoms with E-state index < -0.39 is 0 Å². The Kier molecular flexibility index (Phi) is 1.58. The Hall–Kier alpha value is -1.03. The lowest BCUT2D eigenvalue weighted by atomic mass is 10.1. The maximum atomic E-state index is 11.2. The number of hydrogen-bond donors (Lipinski definition) is 2. The molecular formula is C8H6BrNO2. The summed E-state index contributed by atoms with van der Waals surface area (Å²) in [6.45, 7) is 0.501. The zero-order valence-corrected chi connectivity index (χ0v) is 7.68. The number of aromatic hydroxyl groups is 1. The van der Waals surface area contributed by atoms with Gasteiger partial charge in [0.05, 0.1) is 5.56 Å². The van der Waals surface area contributed by atoms with Crippen LogP contribution in [0, 0.1) is 0 Å². The minimum atomic E-state index is -0.0862. The molecule has 12 heavy (non-hydrogen) atoms. The van der Waals surface area contributed by atoms with Gasteiger partial charge in [-0.3, -0.25) is 4.79 Å². The molecule has 0 atom stereocenters. The zero-order valence-electron chi connectivity index (χ0n) is 6.10. The van der Waals surface area contributed by atoms with Gasteiger partial charge in [-0.25, -0.2) is 0 Å². The van der Waals surface area contributed by atoms with Gasteiger partial charge in [-0.1, -0.05) is 0 Å². The van der Waals surface area contributed by atoms with Crippen molar-refractivity contribution in [3.05, 3.63) is 27.7 Å². The number of carbonyl (C=O) groups is 1. The highest BCUT2D eigenvalue weighted by Gasteiger charge is 2.22. The fourth-order valence-electron chi connectivity index (χ4n) is 1.31. The van der Waals surface area contributed by atoms with Crippen molar-refractivity contribution < 1.29 is 9.90 Å². The lowest BCUT2D eigenvalue weighted by molar-refractivity contribution is 0.0965. The molecule has 0 spiro atoms. The van der Waals surface area contributed by atoms with Gasteiger partial charge in [0.1, 0.15) is 5.75 Å². The van der Waals surface area contributed by atoms with Crippen molar-refractivity contribution in [2.24, 2.45) is 0 Å². The Morgan fingerprint density at radius 3 is 3.00 bits per heavy atom. The fraction of sp³-hybridized carbons (Fsp3) is 0.125. The number of rotatable bonds is 0. The predicted octanol–water partition coefficient (Wildman–Crippen LogP) is 1.40. The van der Waals surface area contributed by atoms with Crippen LogP contribution in [0.15, 0.2) is 16.6 Å². The van der Waals surface area contributed by atoms with Crippen LogP contribution in [-0.4, -0.2) is 11.0 Å². The summed E-state index contributed by atoms with van der Waals surface area (Å²) in [6.07, 6.45) is 0. The molecule has 1 aromatic carbocycles. The summed E-state index contributed by atoms with van der Waals surface area (Å²) < 4.78 is 0.646. The Bertz CT molecular complexity index is 362. The van der Waals surface area contributed by atoms with E-state index in [2.05, 4.69) is 21.2 Å². The van der Waals surface area contributed by atoms with E-state index in [1.54, 1.807) is 6.07 Å². The van der Waals surface area contributed by atoms with Crippen molar-refractivity contribution in [3.8, 4) is 5.75 Å². The SMILES string of the molecule is O=C1NCc2cc(O)cc(Br)c21. The average Bonchev–Trinajstić information content (AvgIpc) is 2.31. The first-order valence-corrected chi connectivity index (χ1v) is 4.27. The molecule has 0 aromatic heterocycles. The number of halogens is 1. The van der Waals surface area contributed by atoms with Crippen molar-refractivity contribution in [3.63, 3.8) is 0 Å². The summed E-state index contributed by atoms with van der Waals surface area (Å²) in [7, 11) is 0. The standard InChI is InChI=1S/C8H6BrNO2/c9-6-2-5(11)1-4-3-10-8(12)7(4)6/h1-2,11H,3H2,(H,10,12). The molecule has 0 aliphatic carbocycles. The molecule has 2 N–H and O–H groups in total. The topological polar surface area (TPSA) is 49.3 Å². The second-order valence-electron chi connectivity index (χ2n) is 2.64. The third-order valence-corrected chi connectivity index (χ3v) is 2.45. The number of fused-ring (bicyclic) bond motifs is 1. The van der Waals surface area contributed by atoms with Gasteiger partial charge in [-0.15, -0.1) is 0 Å². The minimum Gasteiger partial charge on any atom is -0.508 e. The Morgan fingerprint density at radius 2 is 2.25 bits per heavy atom. The molecule has 1 aliphatic rings. The number of nitrogens with one attached hydrogen (secondary N) is 1. The van der Waals surface area contributed by atoms with Crippen LogP contribution in [0.25, 0.3) is 0 Å². The molecule has 1 aliphatic heterocycles. The van der Waals surface area contributed by atoms with E-state index in [0.29, 0.717) is 16.6 Å². The molecular weight excluding hydrogens is 222 g/mol. The Balaban J connectivity index is 2.68. The molecule has 1 heterocycles. The highest BCUT2D eigenvalue weighted by molar-refractivity contribution is 9.10. The second-order valence-corrected chi connectivity index (χ2v) is 3.50. The summed E-state index contributed by atoms with van der Waals surface area (Å²) in [6, 6.07) is 3.11. The van der Waals surface area contributed by atoms with Crippen molar-refractivity contribution in [2.75, 3.05) is 0 Å². The summed E-state index contributed by atoms with van der Waals surface area (Å²) in [5.41, 5.74) is 1.47. The normalized spacial score (nSPS) is 14.2. The van der Waals surface area contributed by atoms with E-state index in [-0.39, 0.29) is 11.7 Å². The van der Waals surface area contributed by atoms with Gasteiger partial charge in [0.2, 0.25) is 0 Å². The largest absolute Gasteiger partial charge is 0.508 e. The quantitative estimate of drug-likeness (QED) is 0.705. The maximum absolute atomic E-state index is 11.2. The first-order chi connectivity index (χ1) is 5.68. The number of benzene rings is 1. The van der Waals surface area contributed by atoms with E-state index in [9.17, 15) is 9.90 Å². The summed E-state index contributed by atoms with van der Waals surface area (Å²) >= 11 is 3.22. The van der Waals surface area contributed by atoms with Crippen LogP contribution in [0.1, 0.15) is 15.9 Å². The third-order valence-electron chi connectivity index (χ3n) is 1.82. The molecule has 62 valence electrons. The summed E-state index contributed by atoms with van der Waals surface area (Å²) in [4.78, 5) is 11.2. The number of carbonyl (C=O) groups excluding carboxylic acids is 1. The van der Waals surface area contributed by atoms with Gasteiger partial charge in [-0.2, -0.15) is 0 Å². The van der Waals surface area contributed by atoms with Crippen molar-refractivity contribution in [1.29, 1.82) is 0 Å². The molecule has 1 aromatic rings. The van der Waals surface area contributed by atoms with Crippen LogP contribution < -0.4 is 5.32 Å². The molecule has 4 heteroatoms. The van der Waals surface area contributed by atoms with Crippen LogP contribution in [0.5, 0.6) is 5.75 Å². The number of phenolic OH excluding ortho intramolecular Hbond substituents is 1. The maximum Gasteiger partial charge on any atom is 0.253 e. The lowest BCUT2D eigenvalue weighted by Gasteiger charge is -1.99. The van der Waals surface area contributed by atoms with Gasteiger partial charge in [0, 0.05) is 11.0 Å². The Morgan fingerprint density at radius 1 is 1.50 bits per heavy atom. The van der Waals surface area contributed by atoms with Crippen LogP contribution in [-0.2, 0) is 6.54 Å². The van der Waals surface area contributed by atoms with E-state index >= 15 is 0 Å². The summed E-state index contributed by atoms with van der Waals surface area (Å²) in [5, 5.41) is 11.9. The van der Waals surface area contributed by atoms with E-state index in [1.807, 2.05) is 0 Å². The minimum absolute atomic E-state index is 0.0862. The van der Waals surface area contributed by atoms with E-state index in [0.717, 1.165) is 5.56 Å². The zero-order chi connectivity index (χ0) is 8.72. The fourth-order valence-corrected chi connectivity index (χ4v) is 1.97. The first kappa shape index (κ1) is 7.61. The van der Waals surface area contributed by atoms with Gasteiger partial charge in [0.15, 0.2) is 0 Å². The third kappa shape index (κ3) is 0.992. The van der Waals surface area contributed by atoms with Crippen molar-refractivity contribution in [1.82, 2.24) is 5.32 Å². The number of amides is 1. The Labute approximate surface area is 77.5 Å². The number of hydrogen-bond acceptors (Lipinski definition) is 2. The average molecular weight is 228 g/mol. The summed E-state index contributed by atoms with van der Waals surface area (Å²) in [5.74, 6) is 0.0917. The van der Waals surface area contributed by atoms with Crippen LogP contribution >= 0.6 is 15.9 Å². The lowest BCUT2D eigenvalue weighted by Crippen LogP contribution is -2.12. The number of phenols is 1. The van der Waals surface area contributed by atoms with Crippen LogP contribution in [0.2, 0.25) is 0 Å². The van der Waals surface area contributed by atoms with Crippen LogP contribution in [0.4, 0.5) is 0 Å². The molecule has 0 radical (unpaired) electrons. The van der Waals surface area contributed by atoms with Gasteiger partial charge < -0.3 is 10.4 Å². The first-order valence-electron chi connectivity index (χ1n) is 3.48. The van der Waals surface area contributed by atoms with Gasteiger partial charge in [0.25, 0.3) is 5.91 Å². The highest BCUT2D eigenvalue weighted by atomic mass is 79.9. The van der Waals surface area contributed by atoms with E-state index in [4.69, 9.17) is 0 Å².